The second-order valence-electron chi connectivity index (χ2n) is 5.18. The molecule has 0 unspecified atom stereocenters. The number of nitrogens with two attached hydrogens (primary N) is 1. The molecule has 1 aliphatic heterocycles. The summed E-state index contributed by atoms with van der Waals surface area (Å²) in [5.74, 6) is 0.0722. The Kier molecular flexibility index (Phi) is 4.21. The van der Waals surface area contributed by atoms with Crippen molar-refractivity contribution in [3.63, 3.8) is 0 Å². The highest BCUT2D eigenvalue weighted by molar-refractivity contribution is 7.22. The quantitative estimate of drug-likeness (QED) is 0.611. The van der Waals surface area contributed by atoms with Crippen LogP contribution < -0.4 is 11.1 Å². The lowest BCUT2D eigenvalue weighted by molar-refractivity contribution is 0.158. The number of carbonyl (C=O) groups is 1. The predicted octanol–water partition coefficient (Wildman–Crippen LogP) is 1.20. The molecule has 116 valence electrons. The Bertz CT molecular complexity index is 671. The number of benzene rings is 1. The molecule has 0 bridgehead atoms. The SMILES string of the molecule is CN1CCN(C(=O)N/C(N)=N/c2nc3ccccc3s2)CC1. The van der Waals surface area contributed by atoms with Crippen LogP contribution in [0.1, 0.15) is 0 Å². The molecule has 1 aliphatic rings. The van der Waals surface area contributed by atoms with Crippen molar-refractivity contribution in [1.29, 1.82) is 0 Å². The minimum Gasteiger partial charge on any atom is -0.369 e. The van der Waals surface area contributed by atoms with Crippen LogP contribution >= 0.6 is 11.3 Å². The Labute approximate surface area is 132 Å². The van der Waals surface area contributed by atoms with E-state index in [9.17, 15) is 4.79 Å². The zero-order valence-corrected chi connectivity index (χ0v) is 13.1. The number of urea groups is 1. The van der Waals surface area contributed by atoms with Gasteiger partial charge in [-0.15, -0.1) is 0 Å². The van der Waals surface area contributed by atoms with E-state index in [1.54, 1.807) is 4.90 Å². The van der Waals surface area contributed by atoms with Crippen molar-refractivity contribution >= 4 is 38.7 Å². The number of thiazole rings is 1. The smallest absolute Gasteiger partial charge is 0.324 e. The van der Waals surface area contributed by atoms with Crippen molar-refractivity contribution in [1.82, 2.24) is 20.1 Å². The van der Waals surface area contributed by atoms with Crippen LogP contribution in [0, 0.1) is 0 Å². The van der Waals surface area contributed by atoms with Crippen molar-refractivity contribution < 1.29 is 4.79 Å². The zero-order valence-electron chi connectivity index (χ0n) is 12.3. The maximum absolute atomic E-state index is 12.1. The third kappa shape index (κ3) is 3.34. The first-order valence-electron chi connectivity index (χ1n) is 7.06. The number of nitrogens with zero attached hydrogens (tertiary/aromatic N) is 4. The highest BCUT2D eigenvalue weighted by Gasteiger charge is 2.19. The molecular weight excluding hydrogens is 300 g/mol. The standard InChI is InChI=1S/C14H18N6OS/c1-19-6-8-20(9-7-19)14(21)18-12(15)17-13-16-10-4-2-3-5-11(10)22-13/h2-5H,6-9H2,1H3,(H3,15,16,17,18,21). The number of piperazine rings is 1. The third-order valence-corrected chi connectivity index (χ3v) is 4.45. The van der Waals surface area contributed by atoms with E-state index in [0.29, 0.717) is 18.2 Å². The van der Waals surface area contributed by atoms with Crippen LogP contribution in [0.5, 0.6) is 0 Å². The van der Waals surface area contributed by atoms with E-state index in [2.05, 4.69) is 20.2 Å². The molecule has 0 atom stereocenters. The molecule has 2 heterocycles. The number of amides is 2. The van der Waals surface area contributed by atoms with Crippen molar-refractivity contribution in [2.24, 2.45) is 10.7 Å². The molecule has 1 aromatic carbocycles. The molecule has 2 amide bonds. The largest absolute Gasteiger partial charge is 0.369 e. The van der Waals surface area contributed by atoms with Crippen molar-refractivity contribution in [2.75, 3.05) is 33.2 Å². The van der Waals surface area contributed by atoms with Gasteiger partial charge in [-0.05, 0) is 19.2 Å². The van der Waals surface area contributed by atoms with E-state index < -0.39 is 0 Å². The van der Waals surface area contributed by atoms with Gasteiger partial charge in [0.05, 0.1) is 10.2 Å². The number of likely N-dealkylation sites (N-methyl/N-ethyl adjacent to an activating group) is 1. The van der Waals surface area contributed by atoms with Crippen LogP contribution in [-0.4, -0.2) is 60.0 Å². The Balaban J connectivity index is 1.65. The Hall–Kier alpha value is -2.19. The van der Waals surface area contributed by atoms with E-state index in [1.807, 2.05) is 31.3 Å². The number of carbonyl (C=O) groups excluding carboxylic acids is 1. The molecule has 0 saturated carbocycles. The van der Waals surface area contributed by atoms with Gasteiger partial charge in [0.2, 0.25) is 11.1 Å². The molecule has 0 radical (unpaired) electrons. The first-order chi connectivity index (χ1) is 10.6. The van der Waals surface area contributed by atoms with E-state index in [1.165, 1.54) is 11.3 Å². The number of nitrogens with one attached hydrogen (secondary N) is 1. The van der Waals surface area contributed by atoms with Crippen LogP contribution in [0.4, 0.5) is 9.93 Å². The summed E-state index contributed by atoms with van der Waals surface area (Å²) in [6.45, 7) is 3.11. The van der Waals surface area contributed by atoms with Crippen LogP contribution in [0.3, 0.4) is 0 Å². The van der Waals surface area contributed by atoms with Gasteiger partial charge in [-0.25, -0.2) is 9.78 Å². The number of guanidine groups is 1. The van der Waals surface area contributed by atoms with Gasteiger partial charge in [0.1, 0.15) is 0 Å². The highest BCUT2D eigenvalue weighted by Crippen LogP contribution is 2.27. The minimum absolute atomic E-state index is 0.0722. The normalized spacial score (nSPS) is 17.0. The van der Waals surface area contributed by atoms with Crippen LogP contribution in [0.2, 0.25) is 0 Å². The summed E-state index contributed by atoms with van der Waals surface area (Å²) in [5.41, 5.74) is 6.69. The molecule has 1 saturated heterocycles. The topological polar surface area (TPSA) is 86.8 Å². The number of fused-ring (bicyclic) bond motifs is 1. The van der Waals surface area contributed by atoms with Crippen molar-refractivity contribution in [3.8, 4) is 0 Å². The summed E-state index contributed by atoms with van der Waals surface area (Å²) in [4.78, 5) is 24.6. The summed E-state index contributed by atoms with van der Waals surface area (Å²) in [6.07, 6.45) is 0. The monoisotopic (exact) mass is 318 g/mol. The molecule has 1 aromatic heterocycles. The summed E-state index contributed by atoms with van der Waals surface area (Å²) in [7, 11) is 2.04. The first-order valence-corrected chi connectivity index (χ1v) is 7.88. The first kappa shape index (κ1) is 14.7. The Morgan fingerprint density at radius 3 is 2.77 bits per heavy atom. The molecule has 1 fully saturated rings. The van der Waals surface area contributed by atoms with Crippen molar-refractivity contribution in [3.05, 3.63) is 24.3 Å². The number of hydrogen-bond donors (Lipinski definition) is 2. The molecular formula is C14H18N6OS. The van der Waals surface area contributed by atoms with Gasteiger partial charge in [-0.3, -0.25) is 5.32 Å². The molecule has 22 heavy (non-hydrogen) atoms. The molecule has 8 heteroatoms. The Morgan fingerprint density at radius 2 is 2.05 bits per heavy atom. The average molecular weight is 318 g/mol. The lowest BCUT2D eigenvalue weighted by atomic mass is 10.3. The summed E-state index contributed by atoms with van der Waals surface area (Å²) < 4.78 is 1.04. The van der Waals surface area contributed by atoms with Gasteiger partial charge < -0.3 is 15.5 Å². The molecule has 0 spiro atoms. The van der Waals surface area contributed by atoms with E-state index in [4.69, 9.17) is 5.73 Å². The number of rotatable bonds is 1. The van der Waals surface area contributed by atoms with Gasteiger partial charge in [0.15, 0.2) is 0 Å². The molecule has 7 nitrogen and oxygen atoms in total. The fourth-order valence-corrected chi connectivity index (χ4v) is 3.09. The zero-order chi connectivity index (χ0) is 15.5. The number of para-hydroxylation sites is 1. The lowest BCUT2D eigenvalue weighted by Gasteiger charge is -2.32. The van der Waals surface area contributed by atoms with Gasteiger partial charge >= 0.3 is 6.03 Å². The molecule has 3 N–H and O–H groups in total. The molecule has 3 rings (SSSR count). The second-order valence-corrected chi connectivity index (χ2v) is 6.19. The van der Waals surface area contributed by atoms with Gasteiger partial charge in [0, 0.05) is 26.2 Å². The van der Waals surface area contributed by atoms with Gasteiger partial charge in [-0.1, -0.05) is 23.5 Å². The highest BCUT2D eigenvalue weighted by atomic mass is 32.1. The van der Waals surface area contributed by atoms with E-state index in [0.717, 1.165) is 23.3 Å². The summed E-state index contributed by atoms with van der Waals surface area (Å²) in [5, 5.41) is 3.16. The van der Waals surface area contributed by atoms with E-state index in [-0.39, 0.29) is 12.0 Å². The maximum Gasteiger partial charge on any atom is 0.324 e. The molecule has 2 aromatic rings. The summed E-state index contributed by atoms with van der Waals surface area (Å²) >= 11 is 1.44. The van der Waals surface area contributed by atoms with Gasteiger partial charge in [0.25, 0.3) is 0 Å². The third-order valence-electron chi connectivity index (χ3n) is 3.52. The van der Waals surface area contributed by atoms with Gasteiger partial charge in [-0.2, -0.15) is 4.99 Å². The van der Waals surface area contributed by atoms with Crippen LogP contribution in [0.25, 0.3) is 10.2 Å². The fraction of sp³-hybridized carbons (Fsp3) is 0.357. The second kappa shape index (κ2) is 6.29. The average Bonchev–Trinajstić information content (AvgIpc) is 2.89. The molecule has 0 aliphatic carbocycles. The number of hydrogen-bond acceptors (Lipinski definition) is 5. The lowest BCUT2D eigenvalue weighted by Crippen LogP contribution is -2.52. The van der Waals surface area contributed by atoms with Crippen LogP contribution in [0.15, 0.2) is 29.3 Å². The Morgan fingerprint density at radius 1 is 1.32 bits per heavy atom. The van der Waals surface area contributed by atoms with Crippen LogP contribution in [-0.2, 0) is 0 Å². The number of aliphatic imine (C=N–C) groups is 1. The van der Waals surface area contributed by atoms with Crippen molar-refractivity contribution in [2.45, 2.75) is 0 Å². The minimum atomic E-state index is -0.213. The number of aromatic nitrogens is 1. The maximum atomic E-state index is 12.1. The van der Waals surface area contributed by atoms with E-state index >= 15 is 0 Å². The summed E-state index contributed by atoms with van der Waals surface area (Å²) in [6, 6.07) is 7.56. The predicted molar refractivity (Wildman–Crippen MR) is 88.5 cm³/mol. The fourth-order valence-electron chi connectivity index (χ4n) is 2.24.